The number of sulfonamides is 1. The van der Waals surface area contributed by atoms with Crippen LogP contribution in [0, 0.1) is 0 Å². The Hall–Kier alpha value is 0.590. The molecule has 1 aromatic heterocycles. The number of thiophene rings is 1. The minimum absolute atomic E-state index is 0.0468. The smallest absolute Gasteiger partial charge is 0.246 e. The van der Waals surface area contributed by atoms with Crippen molar-refractivity contribution in [2.75, 3.05) is 26.3 Å². The second kappa shape index (κ2) is 6.48. The van der Waals surface area contributed by atoms with Gasteiger partial charge in [0.25, 0.3) is 0 Å². The molecule has 0 radical (unpaired) electrons. The van der Waals surface area contributed by atoms with Gasteiger partial charge >= 0.3 is 0 Å². The molecule has 3 rings (SSSR count). The lowest BCUT2D eigenvalue weighted by molar-refractivity contribution is -0.280. The standard InChI is InChI=1S/C12H14BrCl2NO4S2/c13-8-9(11(15)21-10(8)14)22(17,18)16-4-2-12(3-5-16)19-6-1-7-20-12/h1-7H2. The number of piperidine rings is 1. The van der Waals surface area contributed by atoms with Crippen molar-refractivity contribution in [2.45, 2.75) is 29.9 Å². The molecule has 2 aliphatic rings. The molecule has 1 aromatic rings. The van der Waals surface area contributed by atoms with Crippen molar-refractivity contribution in [1.29, 1.82) is 0 Å². The van der Waals surface area contributed by atoms with Gasteiger partial charge in [0.05, 0.1) is 17.7 Å². The summed E-state index contributed by atoms with van der Waals surface area (Å²) in [7, 11) is -3.69. The molecule has 3 heterocycles. The highest BCUT2D eigenvalue weighted by Gasteiger charge is 2.42. The highest BCUT2D eigenvalue weighted by atomic mass is 79.9. The van der Waals surface area contributed by atoms with Crippen LogP contribution in [0.15, 0.2) is 9.37 Å². The molecule has 0 N–H and O–H groups in total. The molecule has 0 bridgehead atoms. The Kier molecular flexibility index (Phi) is 5.13. The van der Waals surface area contributed by atoms with Crippen LogP contribution in [0.5, 0.6) is 0 Å². The van der Waals surface area contributed by atoms with Crippen LogP contribution in [0.1, 0.15) is 19.3 Å². The summed E-state index contributed by atoms with van der Waals surface area (Å²) in [6.07, 6.45) is 1.90. The Morgan fingerprint density at radius 2 is 1.73 bits per heavy atom. The van der Waals surface area contributed by atoms with Crippen molar-refractivity contribution in [3.05, 3.63) is 13.1 Å². The van der Waals surface area contributed by atoms with E-state index in [2.05, 4.69) is 15.9 Å². The molecule has 2 fully saturated rings. The summed E-state index contributed by atoms with van der Waals surface area (Å²) in [4.78, 5) is 0.0468. The highest BCUT2D eigenvalue weighted by Crippen LogP contribution is 2.45. The summed E-state index contributed by atoms with van der Waals surface area (Å²) in [5.41, 5.74) is 0. The third kappa shape index (κ3) is 3.09. The van der Waals surface area contributed by atoms with E-state index in [1.54, 1.807) is 0 Å². The third-order valence-electron chi connectivity index (χ3n) is 3.83. The molecule has 0 aliphatic carbocycles. The number of halogens is 3. The third-order valence-corrected chi connectivity index (χ3v) is 9.19. The average molecular weight is 451 g/mol. The normalized spacial score (nSPS) is 23.0. The summed E-state index contributed by atoms with van der Waals surface area (Å²) >= 11 is 16.3. The van der Waals surface area contributed by atoms with Crippen molar-refractivity contribution in [3.8, 4) is 0 Å². The Balaban J connectivity index is 1.80. The van der Waals surface area contributed by atoms with Crippen molar-refractivity contribution in [3.63, 3.8) is 0 Å². The van der Waals surface area contributed by atoms with E-state index in [9.17, 15) is 8.42 Å². The first kappa shape index (κ1) is 17.4. The zero-order chi connectivity index (χ0) is 16.0. The highest BCUT2D eigenvalue weighted by molar-refractivity contribution is 9.10. The Morgan fingerprint density at radius 3 is 2.23 bits per heavy atom. The number of hydrogen-bond acceptors (Lipinski definition) is 5. The first-order valence-corrected chi connectivity index (χ1v) is 10.6. The van der Waals surface area contributed by atoms with E-state index < -0.39 is 15.8 Å². The predicted molar refractivity (Wildman–Crippen MR) is 89.3 cm³/mol. The fourth-order valence-corrected chi connectivity index (χ4v) is 7.58. The predicted octanol–water partition coefficient (Wildman–Crippen LogP) is 3.74. The fraction of sp³-hybridized carbons (Fsp3) is 0.667. The molecule has 2 saturated heterocycles. The number of nitrogens with zero attached hydrogens (tertiary/aromatic N) is 1. The summed E-state index contributed by atoms with van der Waals surface area (Å²) in [6.45, 7) is 1.98. The summed E-state index contributed by atoms with van der Waals surface area (Å²) in [5.74, 6) is -0.627. The first-order valence-electron chi connectivity index (χ1n) is 6.77. The molecular formula is C12H14BrCl2NO4S2. The van der Waals surface area contributed by atoms with Crippen molar-refractivity contribution >= 4 is 60.5 Å². The molecule has 10 heteroatoms. The van der Waals surface area contributed by atoms with Crippen LogP contribution in [0.25, 0.3) is 0 Å². The van der Waals surface area contributed by atoms with E-state index in [0.717, 1.165) is 17.8 Å². The topological polar surface area (TPSA) is 55.8 Å². The van der Waals surface area contributed by atoms with Gasteiger partial charge in [-0.25, -0.2) is 8.42 Å². The molecule has 124 valence electrons. The second-order valence-electron chi connectivity index (χ2n) is 5.16. The monoisotopic (exact) mass is 449 g/mol. The second-order valence-corrected chi connectivity index (χ2v) is 10.1. The summed E-state index contributed by atoms with van der Waals surface area (Å²) in [5, 5.41) is 0. The lowest BCUT2D eigenvalue weighted by atomic mass is 10.0. The lowest BCUT2D eigenvalue weighted by Gasteiger charge is -2.42. The van der Waals surface area contributed by atoms with E-state index in [1.807, 2.05) is 0 Å². The maximum absolute atomic E-state index is 12.8. The van der Waals surface area contributed by atoms with Crippen LogP contribution in [-0.2, 0) is 19.5 Å². The fourth-order valence-electron chi connectivity index (χ4n) is 2.66. The van der Waals surface area contributed by atoms with E-state index in [4.69, 9.17) is 32.7 Å². The molecule has 0 unspecified atom stereocenters. The van der Waals surface area contributed by atoms with Gasteiger partial charge in [-0.2, -0.15) is 4.31 Å². The van der Waals surface area contributed by atoms with Gasteiger partial charge in [-0.05, 0) is 22.4 Å². The van der Waals surface area contributed by atoms with Gasteiger partial charge in [0, 0.05) is 25.9 Å². The van der Waals surface area contributed by atoms with E-state index in [-0.39, 0.29) is 9.23 Å². The van der Waals surface area contributed by atoms with E-state index >= 15 is 0 Å². The summed E-state index contributed by atoms with van der Waals surface area (Å²) < 4.78 is 39.3. The van der Waals surface area contributed by atoms with Gasteiger partial charge in [-0.1, -0.05) is 23.2 Å². The Bertz CT molecular complexity index is 663. The van der Waals surface area contributed by atoms with Crippen molar-refractivity contribution < 1.29 is 17.9 Å². The van der Waals surface area contributed by atoms with Gasteiger partial charge in [0.2, 0.25) is 10.0 Å². The van der Waals surface area contributed by atoms with Gasteiger partial charge in [-0.3, -0.25) is 0 Å². The van der Waals surface area contributed by atoms with Crippen LogP contribution >= 0.6 is 50.5 Å². The van der Waals surface area contributed by atoms with E-state index in [1.165, 1.54) is 4.31 Å². The SMILES string of the molecule is O=S(=O)(c1c(Cl)sc(Cl)c1Br)N1CCC2(CC1)OCCCO2. The zero-order valence-electron chi connectivity index (χ0n) is 11.5. The van der Waals surface area contributed by atoms with E-state index in [0.29, 0.717) is 48.0 Å². The van der Waals surface area contributed by atoms with Crippen molar-refractivity contribution in [2.24, 2.45) is 0 Å². The van der Waals surface area contributed by atoms with Crippen molar-refractivity contribution in [1.82, 2.24) is 4.31 Å². The maximum atomic E-state index is 12.8. The minimum atomic E-state index is -3.69. The van der Waals surface area contributed by atoms with Crippen LogP contribution in [0.3, 0.4) is 0 Å². The Morgan fingerprint density at radius 1 is 1.14 bits per heavy atom. The van der Waals surface area contributed by atoms with Crippen LogP contribution < -0.4 is 0 Å². The maximum Gasteiger partial charge on any atom is 0.246 e. The molecule has 5 nitrogen and oxygen atoms in total. The van der Waals surface area contributed by atoms with Gasteiger partial charge in [-0.15, -0.1) is 11.3 Å². The van der Waals surface area contributed by atoms with Crippen LogP contribution in [0.4, 0.5) is 0 Å². The van der Waals surface area contributed by atoms with Gasteiger partial charge < -0.3 is 9.47 Å². The minimum Gasteiger partial charge on any atom is -0.350 e. The molecule has 0 saturated carbocycles. The Labute approximate surface area is 151 Å². The van der Waals surface area contributed by atoms with Crippen LogP contribution in [-0.4, -0.2) is 44.8 Å². The number of hydrogen-bond donors (Lipinski definition) is 0. The summed E-state index contributed by atoms with van der Waals surface area (Å²) in [6, 6.07) is 0. The zero-order valence-corrected chi connectivity index (χ0v) is 16.2. The quantitative estimate of drug-likeness (QED) is 0.688. The molecule has 2 aliphatic heterocycles. The molecule has 0 amide bonds. The first-order chi connectivity index (χ1) is 10.4. The molecule has 1 spiro atoms. The average Bonchev–Trinajstić information content (AvgIpc) is 2.74. The largest absolute Gasteiger partial charge is 0.350 e. The number of rotatable bonds is 2. The lowest BCUT2D eigenvalue weighted by Crippen LogP contribution is -2.51. The van der Waals surface area contributed by atoms with Gasteiger partial charge in [0.15, 0.2) is 5.79 Å². The number of ether oxygens (including phenoxy) is 2. The molecule has 22 heavy (non-hydrogen) atoms. The molecule has 0 aromatic carbocycles. The van der Waals surface area contributed by atoms with Gasteiger partial charge in [0.1, 0.15) is 13.6 Å². The molecule has 0 atom stereocenters. The van der Waals surface area contributed by atoms with Crippen LogP contribution in [0.2, 0.25) is 8.67 Å². The molecular weight excluding hydrogens is 437 g/mol.